The van der Waals surface area contributed by atoms with Crippen molar-refractivity contribution in [1.82, 2.24) is 20.4 Å². The number of ether oxygens (including phenoxy) is 1. The standard InChI is InChI=1S/C21H25F3N4O4/c1-20(2,18(30)25-9-10-32-4)28-11-14-15(17(28)29)16(26-19(31)27(14)3)12-5-7-13(8-6-12)21(22,23)24/h5-8,16H,9-11H2,1-4H3,(H,25,30)(H,26,31). The van der Waals surface area contributed by atoms with Crippen LogP contribution in [0.15, 0.2) is 35.5 Å². The van der Waals surface area contributed by atoms with Crippen LogP contribution in [-0.4, -0.2) is 67.0 Å². The summed E-state index contributed by atoms with van der Waals surface area (Å²) in [4.78, 5) is 41.2. The van der Waals surface area contributed by atoms with Crippen molar-refractivity contribution in [2.75, 3.05) is 33.9 Å². The van der Waals surface area contributed by atoms with Crippen LogP contribution in [0.2, 0.25) is 0 Å². The molecule has 1 aromatic carbocycles. The molecule has 0 aromatic heterocycles. The first-order valence-electron chi connectivity index (χ1n) is 9.93. The molecule has 4 amide bonds. The Morgan fingerprint density at radius 3 is 2.41 bits per heavy atom. The van der Waals surface area contributed by atoms with Gasteiger partial charge in [0.1, 0.15) is 5.54 Å². The SMILES string of the molecule is COCCNC(=O)C(C)(C)N1CC2=C(C1=O)C(c1ccc(C(F)(F)F)cc1)NC(=O)N2C. The Morgan fingerprint density at radius 1 is 1.22 bits per heavy atom. The lowest BCUT2D eigenvalue weighted by atomic mass is 9.94. The molecule has 2 aliphatic rings. The summed E-state index contributed by atoms with van der Waals surface area (Å²) in [7, 11) is 3.00. The molecular formula is C21H25F3N4O4. The van der Waals surface area contributed by atoms with Gasteiger partial charge in [0.2, 0.25) is 5.91 Å². The second kappa shape index (κ2) is 8.45. The zero-order valence-corrected chi connectivity index (χ0v) is 18.2. The molecule has 2 aliphatic heterocycles. The van der Waals surface area contributed by atoms with Crippen LogP contribution >= 0.6 is 0 Å². The van der Waals surface area contributed by atoms with Gasteiger partial charge in [-0.25, -0.2) is 4.79 Å². The molecular weight excluding hydrogens is 429 g/mol. The minimum atomic E-state index is -4.50. The first kappa shape index (κ1) is 23.6. The maximum Gasteiger partial charge on any atom is 0.416 e. The summed E-state index contributed by atoms with van der Waals surface area (Å²) in [5.41, 5.74) is -1.10. The van der Waals surface area contributed by atoms with Crippen molar-refractivity contribution < 1.29 is 32.3 Å². The molecule has 0 fully saturated rings. The van der Waals surface area contributed by atoms with Crippen LogP contribution in [0.25, 0.3) is 0 Å². The number of carbonyl (C=O) groups is 3. The summed E-state index contributed by atoms with van der Waals surface area (Å²) in [5.74, 6) is -0.862. The molecule has 0 aliphatic carbocycles. The molecule has 11 heteroatoms. The van der Waals surface area contributed by atoms with Crippen LogP contribution in [0.4, 0.5) is 18.0 Å². The molecule has 0 bridgehead atoms. The van der Waals surface area contributed by atoms with E-state index in [9.17, 15) is 27.6 Å². The molecule has 0 saturated carbocycles. The number of halogens is 3. The van der Waals surface area contributed by atoms with Crippen molar-refractivity contribution in [2.24, 2.45) is 0 Å². The van der Waals surface area contributed by atoms with E-state index in [-0.39, 0.29) is 18.7 Å². The Bertz CT molecular complexity index is 957. The second-order valence-corrected chi connectivity index (χ2v) is 8.12. The van der Waals surface area contributed by atoms with Crippen molar-refractivity contribution in [3.8, 4) is 0 Å². The topological polar surface area (TPSA) is 91.0 Å². The minimum absolute atomic E-state index is 0.0138. The lowest BCUT2D eigenvalue weighted by molar-refractivity contribution is -0.141. The molecule has 3 rings (SSSR count). The fourth-order valence-electron chi connectivity index (χ4n) is 3.74. The largest absolute Gasteiger partial charge is 0.416 e. The summed E-state index contributed by atoms with van der Waals surface area (Å²) in [5, 5.41) is 5.38. The molecule has 174 valence electrons. The number of methoxy groups -OCH3 is 1. The van der Waals surface area contributed by atoms with Crippen molar-refractivity contribution in [1.29, 1.82) is 0 Å². The highest BCUT2D eigenvalue weighted by Crippen LogP contribution is 2.39. The van der Waals surface area contributed by atoms with Gasteiger partial charge >= 0.3 is 12.2 Å². The number of urea groups is 1. The first-order chi connectivity index (χ1) is 14.9. The fraction of sp³-hybridized carbons (Fsp3) is 0.476. The van der Waals surface area contributed by atoms with Crippen molar-refractivity contribution >= 4 is 17.8 Å². The highest BCUT2D eigenvalue weighted by atomic mass is 19.4. The monoisotopic (exact) mass is 454 g/mol. The Hall–Kier alpha value is -3.08. The van der Waals surface area contributed by atoms with E-state index < -0.39 is 41.2 Å². The third-order valence-corrected chi connectivity index (χ3v) is 5.75. The third kappa shape index (κ3) is 4.16. The second-order valence-electron chi connectivity index (χ2n) is 8.12. The number of nitrogens with one attached hydrogen (secondary N) is 2. The molecule has 8 nitrogen and oxygen atoms in total. The van der Waals surface area contributed by atoms with Gasteiger partial charge in [-0.15, -0.1) is 0 Å². The molecule has 2 N–H and O–H groups in total. The van der Waals surface area contributed by atoms with E-state index in [0.717, 1.165) is 12.1 Å². The quantitative estimate of drug-likeness (QED) is 0.644. The van der Waals surface area contributed by atoms with Crippen LogP contribution in [0, 0.1) is 0 Å². The number of alkyl halides is 3. The number of nitrogens with zero attached hydrogens (tertiary/aromatic N) is 2. The smallest absolute Gasteiger partial charge is 0.383 e. The van der Waals surface area contributed by atoms with E-state index in [0.29, 0.717) is 17.9 Å². The van der Waals surface area contributed by atoms with Crippen LogP contribution in [0.1, 0.15) is 31.0 Å². The molecule has 1 atom stereocenters. The predicted octanol–water partition coefficient (Wildman–Crippen LogP) is 2.04. The number of rotatable bonds is 6. The lowest BCUT2D eigenvalue weighted by Crippen LogP contribution is -2.56. The van der Waals surface area contributed by atoms with Gasteiger partial charge < -0.3 is 20.3 Å². The lowest BCUT2D eigenvalue weighted by Gasteiger charge is -2.34. The van der Waals surface area contributed by atoms with E-state index in [1.165, 1.54) is 36.1 Å². The summed E-state index contributed by atoms with van der Waals surface area (Å²) in [6.07, 6.45) is -4.50. The number of hydrogen-bond acceptors (Lipinski definition) is 4. The Balaban J connectivity index is 1.92. The van der Waals surface area contributed by atoms with E-state index in [2.05, 4.69) is 10.6 Å². The van der Waals surface area contributed by atoms with Gasteiger partial charge in [0.05, 0.1) is 36.0 Å². The van der Waals surface area contributed by atoms with E-state index >= 15 is 0 Å². The molecule has 0 saturated heterocycles. The van der Waals surface area contributed by atoms with Crippen molar-refractivity contribution in [3.63, 3.8) is 0 Å². The Kier molecular flexibility index (Phi) is 6.23. The van der Waals surface area contributed by atoms with Gasteiger partial charge in [-0.1, -0.05) is 12.1 Å². The molecule has 0 radical (unpaired) electrons. The number of carbonyl (C=O) groups excluding carboxylic acids is 3. The third-order valence-electron chi connectivity index (χ3n) is 5.75. The molecule has 32 heavy (non-hydrogen) atoms. The summed E-state index contributed by atoms with van der Waals surface area (Å²) < 4.78 is 43.7. The van der Waals surface area contributed by atoms with Gasteiger partial charge in [0, 0.05) is 20.7 Å². The van der Waals surface area contributed by atoms with Crippen LogP contribution in [0.5, 0.6) is 0 Å². The maximum atomic E-state index is 13.4. The van der Waals surface area contributed by atoms with E-state index in [1.54, 1.807) is 13.8 Å². The van der Waals surface area contributed by atoms with Gasteiger partial charge in [-0.3, -0.25) is 14.5 Å². The van der Waals surface area contributed by atoms with Gasteiger partial charge in [-0.2, -0.15) is 13.2 Å². The van der Waals surface area contributed by atoms with Crippen LogP contribution in [-0.2, 0) is 20.5 Å². The van der Waals surface area contributed by atoms with Crippen molar-refractivity contribution in [2.45, 2.75) is 31.6 Å². The summed E-state index contributed by atoms with van der Waals surface area (Å²) in [6, 6.07) is 2.87. The predicted molar refractivity (Wildman–Crippen MR) is 108 cm³/mol. The molecule has 1 aromatic rings. The first-order valence-corrected chi connectivity index (χ1v) is 9.93. The number of amides is 4. The minimum Gasteiger partial charge on any atom is -0.383 e. The van der Waals surface area contributed by atoms with Gasteiger partial charge in [0.15, 0.2) is 0 Å². The van der Waals surface area contributed by atoms with Crippen LogP contribution < -0.4 is 10.6 Å². The van der Waals surface area contributed by atoms with Gasteiger partial charge in [0.25, 0.3) is 5.91 Å². The maximum absolute atomic E-state index is 13.4. The summed E-state index contributed by atoms with van der Waals surface area (Å²) in [6.45, 7) is 3.77. The average Bonchev–Trinajstić information content (AvgIpc) is 3.08. The number of benzene rings is 1. The van der Waals surface area contributed by atoms with Gasteiger partial charge in [-0.05, 0) is 31.5 Å². The van der Waals surface area contributed by atoms with Crippen molar-refractivity contribution in [3.05, 3.63) is 46.7 Å². The average molecular weight is 454 g/mol. The highest BCUT2D eigenvalue weighted by molar-refractivity contribution is 6.04. The van der Waals surface area contributed by atoms with Crippen LogP contribution in [0.3, 0.4) is 0 Å². The van der Waals surface area contributed by atoms with E-state index in [4.69, 9.17) is 4.74 Å². The zero-order valence-electron chi connectivity index (χ0n) is 18.2. The molecule has 0 spiro atoms. The normalized spacial score (nSPS) is 19.3. The Labute approximate surface area is 183 Å². The number of likely N-dealkylation sites (N-methyl/N-ethyl adjacent to an activating group) is 1. The molecule has 2 heterocycles. The summed E-state index contributed by atoms with van der Waals surface area (Å²) >= 11 is 0. The zero-order chi connectivity index (χ0) is 23.8. The number of hydrogen-bond donors (Lipinski definition) is 2. The fourth-order valence-corrected chi connectivity index (χ4v) is 3.74. The van der Waals surface area contributed by atoms with E-state index in [1.807, 2.05) is 0 Å². The molecule has 1 unspecified atom stereocenters. The highest BCUT2D eigenvalue weighted by Gasteiger charge is 2.49. The Morgan fingerprint density at radius 2 is 1.84 bits per heavy atom.